The first-order valence-electron chi connectivity index (χ1n) is 12.3. The third-order valence-corrected chi connectivity index (χ3v) is 8.78. The summed E-state index contributed by atoms with van der Waals surface area (Å²) in [6.07, 6.45) is 4.36. The van der Waals surface area contributed by atoms with Crippen LogP contribution in [0.1, 0.15) is 12.0 Å². The highest BCUT2D eigenvalue weighted by Gasteiger charge is 2.28. The number of fused-ring (bicyclic) bond motifs is 1. The zero-order valence-corrected chi connectivity index (χ0v) is 21.1. The first kappa shape index (κ1) is 23.1. The van der Waals surface area contributed by atoms with Crippen LogP contribution in [0.2, 0.25) is 0 Å². The molecule has 0 unspecified atom stereocenters. The van der Waals surface area contributed by atoms with Gasteiger partial charge >= 0.3 is 0 Å². The minimum absolute atomic E-state index is 0.226. The van der Waals surface area contributed by atoms with E-state index in [0.29, 0.717) is 45.1 Å². The Hall–Kier alpha value is -3.28. The molecular formula is C25H29N7O3S. The van der Waals surface area contributed by atoms with Gasteiger partial charge in [0.05, 0.1) is 36.7 Å². The summed E-state index contributed by atoms with van der Waals surface area (Å²) in [5.74, 6) is 0.919. The van der Waals surface area contributed by atoms with E-state index in [4.69, 9.17) is 19.8 Å². The number of imidazole rings is 1. The van der Waals surface area contributed by atoms with Crippen LogP contribution in [0, 0.1) is 6.92 Å². The zero-order valence-electron chi connectivity index (χ0n) is 20.2. The number of ether oxygens (including phenoxy) is 1. The summed E-state index contributed by atoms with van der Waals surface area (Å²) in [4.78, 5) is 11.9. The summed E-state index contributed by atoms with van der Waals surface area (Å²) >= 11 is 0. The number of aromatic nitrogens is 5. The number of morpholine rings is 1. The highest BCUT2D eigenvalue weighted by molar-refractivity contribution is 7.89. The number of hydrogen-bond donors (Lipinski definition) is 0. The average Bonchev–Trinajstić information content (AvgIpc) is 3.61. The Balaban J connectivity index is 1.39. The van der Waals surface area contributed by atoms with E-state index in [2.05, 4.69) is 30.0 Å². The quantitative estimate of drug-likeness (QED) is 0.395. The number of nitrogens with zero attached hydrogens (tertiary/aromatic N) is 7. The number of benzene rings is 1. The zero-order chi connectivity index (χ0) is 24.7. The van der Waals surface area contributed by atoms with E-state index >= 15 is 0 Å². The minimum Gasteiger partial charge on any atom is -0.378 e. The largest absolute Gasteiger partial charge is 0.378 e. The van der Waals surface area contributed by atoms with Crippen molar-refractivity contribution in [3.8, 4) is 17.1 Å². The molecule has 6 rings (SSSR count). The second-order valence-electron chi connectivity index (χ2n) is 9.29. The number of rotatable bonds is 6. The van der Waals surface area contributed by atoms with Crippen LogP contribution in [-0.2, 0) is 21.3 Å². The molecule has 3 aromatic heterocycles. The van der Waals surface area contributed by atoms with Crippen molar-refractivity contribution >= 4 is 26.9 Å². The minimum atomic E-state index is -3.15. The summed E-state index contributed by atoms with van der Waals surface area (Å²) in [6, 6.07) is 12.3. The van der Waals surface area contributed by atoms with Crippen LogP contribution in [0.4, 0.5) is 5.69 Å². The third-order valence-electron chi connectivity index (χ3n) is 6.82. The molecule has 11 heteroatoms. The van der Waals surface area contributed by atoms with E-state index < -0.39 is 10.0 Å². The molecule has 0 spiro atoms. The lowest BCUT2D eigenvalue weighted by Gasteiger charge is -2.29. The lowest BCUT2D eigenvalue weighted by molar-refractivity contribution is 0.123. The van der Waals surface area contributed by atoms with E-state index in [9.17, 15) is 8.42 Å². The van der Waals surface area contributed by atoms with Crippen molar-refractivity contribution in [2.24, 2.45) is 0 Å². The summed E-state index contributed by atoms with van der Waals surface area (Å²) in [5.41, 5.74) is 5.62. The van der Waals surface area contributed by atoms with Crippen LogP contribution < -0.4 is 4.90 Å². The number of aryl methyl sites for hydroxylation is 1. The van der Waals surface area contributed by atoms with E-state index in [-0.39, 0.29) is 5.75 Å². The van der Waals surface area contributed by atoms with Crippen LogP contribution in [0.15, 0.2) is 48.9 Å². The molecule has 0 radical (unpaired) electrons. The van der Waals surface area contributed by atoms with Crippen LogP contribution in [0.3, 0.4) is 0 Å². The second kappa shape index (κ2) is 9.30. The molecule has 5 heterocycles. The third kappa shape index (κ3) is 4.38. The predicted octanol–water partition coefficient (Wildman–Crippen LogP) is 2.46. The van der Waals surface area contributed by atoms with Crippen LogP contribution in [0.5, 0.6) is 0 Å². The summed E-state index contributed by atoms with van der Waals surface area (Å²) < 4.78 is 35.4. The lowest BCUT2D eigenvalue weighted by Crippen LogP contribution is -2.36. The van der Waals surface area contributed by atoms with Crippen molar-refractivity contribution in [3.05, 3.63) is 54.5 Å². The van der Waals surface area contributed by atoms with E-state index in [0.717, 1.165) is 41.2 Å². The molecule has 0 aliphatic carbocycles. The van der Waals surface area contributed by atoms with Gasteiger partial charge in [0.1, 0.15) is 5.52 Å². The maximum Gasteiger partial charge on any atom is 0.214 e. The number of pyridine rings is 1. The van der Waals surface area contributed by atoms with Crippen molar-refractivity contribution in [3.63, 3.8) is 0 Å². The van der Waals surface area contributed by atoms with Gasteiger partial charge < -0.3 is 14.2 Å². The molecule has 0 atom stereocenters. The Morgan fingerprint density at radius 3 is 2.69 bits per heavy atom. The Bertz CT molecular complexity index is 1510. The van der Waals surface area contributed by atoms with Gasteiger partial charge in [0.2, 0.25) is 10.0 Å². The van der Waals surface area contributed by atoms with Gasteiger partial charge in [-0.3, -0.25) is 0 Å². The summed E-state index contributed by atoms with van der Waals surface area (Å²) in [7, 11) is -3.15. The molecule has 188 valence electrons. The van der Waals surface area contributed by atoms with Gasteiger partial charge in [-0.15, -0.1) is 0 Å². The fourth-order valence-corrected chi connectivity index (χ4v) is 6.42. The molecule has 0 saturated carbocycles. The second-order valence-corrected chi connectivity index (χ2v) is 11.4. The van der Waals surface area contributed by atoms with Gasteiger partial charge in [0.15, 0.2) is 11.5 Å². The van der Waals surface area contributed by atoms with Crippen molar-refractivity contribution in [2.75, 3.05) is 50.0 Å². The SMILES string of the molecule is Cc1cccc(-c2ccn(-c3cc(N4CCOCC4)c4ncn(CCN5CCCS5(=O)=O)c4n3)n2)c1. The average molecular weight is 508 g/mol. The van der Waals surface area contributed by atoms with Crippen molar-refractivity contribution in [1.29, 1.82) is 0 Å². The van der Waals surface area contributed by atoms with E-state index in [1.54, 1.807) is 15.3 Å². The number of anilines is 1. The van der Waals surface area contributed by atoms with Crippen LogP contribution >= 0.6 is 0 Å². The van der Waals surface area contributed by atoms with Gasteiger partial charge in [0, 0.05) is 50.6 Å². The number of hydrogen-bond acceptors (Lipinski definition) is 7. The molecule has 2 aliphatic heterocycles. The Morgan fingerprint density at radius 1 is 1.06 bits per heavy atom. The Labute approximate surface area is 210 Å². The Kier molecular flexibility index (Phi) is 5.98. The highest BCUT2D eigenvalue weighted by Crippen LogP contribution is 2.29. The molecule has 0 N–H and O–H groups in total. The maximum atomic E-state index is 12.3. The molecule has 1 aromatic carbocycles. The van der Waals surface area contributed by atoms with Crippen LogP contribution in [0.25, 0.3) is 28.2 Å². The van der Waals surface area contributed by atoms with Gasteiger partial charge in [-0.2, -0.15) is 5.10 Å². The molecule has 2 fully saturated rings. The molecule has 0 amide bonds. The van der Waals surface area contributed by atoms with Crippen molar-refractivity contribution in [2.45, 2.75) is 19.9 Å². The fraction of sp³-hybridized carbons (Fsp3) is 0.400. The monoisotopic (exact) mass is 507 g/mol. The molecule has 2 saturated heterocycles. The Morgan fingerprint density at radius 2 is 1.92 bits per heavy atom. The molecule has 2 aliphatic rings. The maximum absolute atomic E-state index is 12.3. The molecule has 0 bridgehead atoms. The van der Waals surface area contributed by atoms with Crippen LogP contribution in [-0.4, -0.2) is 82.2 Å². The molecular weight excluding hydrogens is 478 g/mol. The first-order valence-corrected chi connectivity index (χ1v) is 13.9. The topological polar surface area (TPSA) is 98.4 Å². The van der Waals surface area contributed by atoms with Gasteiger partial charge in [-0.05, 0) is 25.5 Å². The van der Waals surface area contributed by atoms with Gasteiger partial charge in [-0.25, -0.2) is 27.4 Å². The van der Waals surface area contributed by atoms with Gasteiger partial charge in [-0.1, -0.05) is 23.8 Å². The van der Waals surface area contributed by atoms with E-state index in [1.165, 1.54) is 5.56 Å². The summed E-state index contributed by atoms with van der Waals surface area (Å²) in [6.45, 7) is 6.39. The molecule has 36 heavy (non-hydrogen) atoms. The van der Waals surface area contributed by atoms with Gasteiger partial charge in [0.25, 0.3) is 0 Å². The number of sulfonamides is 1. The van der Waals surface area contributed by atoms with Crippen molar-refractivity contribution < 1.29 is 13.2 Å². The lowest BCUT2D eigenvalue weighted by atomic mass is 10.1. The molecule has 10 nitrogen and oxygen atoms in total. The smallest absolute Gasteiger partial charge is 0.214 e. The standard InChI is InChI=1S/C25H29N7O3S/c1-19-4-2-5-20(16-19)21-6-8-32(28-21)23-17-22(29-11-13-35-14-12-29)24-25(27-23)30(18-26-24)9-10-31-7-3-15-36(31,33)34/h2,4-6,8,16-18H,3,7,9-15H2,1H3. The first-order chi connectivity index (χ1) is 17.5. The molecule has 4 aromatic rings. The summed E-state index contributed by atoms with van der Waals surface area (Å²) in [5, 5.41) is 4.82. The van der Waals surface area contributed by atoms with E-state index in [1.807, 2.05) is 29.0 Å². The normalized spacial score (nSPS) is 18.3. The fourth-order valence-electron chi connectivity index (χ4n) is 4.90. The van der Waals surface area contributed by atoms with Crippen molar-refractivity contribution in [1.82, 2.24) is 28.6 Å². The highest BCUT2D eigenvalue weighted by atomic mass is 32.2. The predicted molar refractivity (Wildman–Crippen MR) is 138 cm³/mol.